The second-order valence-corrected chi connectivity index (χ2v) is 16.1. The molecule has 2 aromatic heterocycles. The van der Waals surface area contributed by atoms with Crippen LogP contribution in [0.2, 0.25) is 0 Å². The lowest BCUT2D eigenvalue weighted by atomic mass is 9.84. The summed E-state index contributed by atoms with van der Waals surface area (Å²) < 4.78 is 0. The Kier molecular flexibility index (Phi) is 14.0. The van der Waals surface area contributed by atoms with Gasteiger partial charge in [0.1, 0.15) is 0 Å². The fourth-order valence-electron chi connectivity index (χ4n) is 8.68. The number of para-hydroxylation sites is 1. The van der Waals surface area contributed by atoms with Gasteiger partial charge in [-0.1, -0.05) is 141 Å². The van der Waals surface area contributed by atoms with Gasteiger partial charge < -0.3 is 4.90 Å². The van der Waals surface area contributed by atoms with Gasteiger partial charge in [-0.25, -0.2) is 4.99 Å². The Morgan fingerprint density at radius 3 is 1.98 bits per heavy atom. The van der Waals surface area contributed by atoms with Crippen LogP contribution in [-0.4, -0.2) is 21.7 Å². The van der Waals surface area contributed by atoms with Crippen molar-refractivity contribution in [1.29, 1.82) is 0 Å². The molecule has 9 rings (SSSR count). The summed E-state index contributed by atoms with van der Waals surface area (Å²) in [5.41, 5.74) is 22.8. The molecule has 0 N–H and O–H groups in total. The van der Waals surface area contributed by atoms with E-state index in [1.807, 2.05) is 44.7 Å². The molecular formula is C59H58N4. The van der Waals surface area contributed by atoms with Gasteiger partial charge in [-0.3, -0.25) is 9.97 Å². The third-order valence-electron chi connectivity index (χ3n) is 11.8. The van der Waals surface area contributed by atoms with Crippen LogP contribution in [0, 0.1) is 27.7 Å². The van der Waals surface area contributed by atoms with Gasteiger partial charge in [0, 0.05) is 41.6 Å². The van der Waals surface area contributed by atoms with E-state index in [0.29, 0.717) is 0 Å². The third kappa shape index (κ3) is 9.67. The number of aliphatic imine (C=N–C) groups is 1. The van der Waals surface area contributed by atoms with E-state index in [4.69, 9.17) is 4.99 Å². The summed E-state index contributed by atoms with van der Waals surface area (Å²) in [5, 5.41) is 0. The number of aryl methyl sites for hydroxylation is 4. The van der Waals surface area contributed by atoms with Crippen molar-refractivity contribution in [3.05, 3.63) is 239 Å². The Hall–Kier alpha value is -7.17. The van der Waals surface area contributed by atoms with Crippen molar-refractivity contribution in [3.8, 4) is 11.1 Å². The largest absolute Gasteiger partial charge is 0.333 e. The Bertz CT molecular complexity index is 2860. The zero-order valence-electron chi connectivity index (χ0n) is 38.0. The number of hydrogen-bond acceptors (Lipinski definition) is 4. The molecule has 4 heteroatoms. The number of pyridine rings is 2. The molecule has 7 aromatic rings. The van der Waals surface area contributed by atoms with Gasteiger partial charge in [-0.2, -0.15) is 0 Å². The van der Waals surface area contributed by atoms with Crippen molar-refractivity contribution in [2.75, 3.05) is 4.90 Å². The molecule has 314 valence electrons. The Morgan fingerprint density at radius 1 is 0.651 bits per heavy atom. The highest BCUT2D eigenvalue weighted by atomic mass is 15.2. The van der Waals surface area contributed by atoms with Crippen molar-refractivity contribution in [3.63, 3.8) is 0 Å². The topological polar surface area (TPSA) is 41.4 Å². The van der Waals surface area contributed by atoms with E-state index in [9.17, 15) is 0 Å². The molecule has 63 heavy (non-hydrogen) atoms. The third-order valence-corrected chi connectivity index (χ3v) is 11.8. The SMILES string of the molecule is C=C(N=C(/C=C(\C)c1cccc(C)c1-c1ccccc1C)c1ccccc1)c1cccc(C)c1.CC.CC1=C(c2cnccc2C)CC2C(=C1)c1cnccc1N2c1ccccc1. The summed E-state index contributed by atoms with van der Waals surface area (Å²) in [6.45, 7) is 21.3. The van der Waals surface area contributed by atoms with Crippen molar-refractivity contribution in [2.45, 2.75) is 67.9 Å². The first-order valence-electron chi connectivity index (χ1n) is 22.0. The summed E-state index contributed by atoms with van der Waals surface area (Å²) in [5.74, 6) is 0. The van der Waals surface area contributed by atoms with E-state index in [0.717, 1.165) is 29.0 Å². The highest BCUT2D eigenvalue weighted by Gasteiger charge is 2.38. The van der Waals surface area contributed by atoms with E-state index in [-0.39, 0.29) is 6.04 Å². The molecule has 0 radical (unpaired) electrons. The van der Waals surface area contributed by atoms with Gasteiger partial charge >= 0.3 is 0 Å². The number of fused-ring (bicyclic) bond motifs is 3. The van der Waals surface area contributed by atoms with Crippen molar-refractivity contribution >= 4 is 39.5 Å². The van der Waals surface area contributed by atoms with Crippen LogP contribution >= 0.6 is 0 Å². The number of hydrogen-bond donors (Lipinski definition) is 0. The van der Waals surface area contributed by atoms with Crippen LogP contribution in [-0.2, 0) is 0 Å². The molecule has 3 heterocycles. The average molecular weight is 823 g/mol. The maximum Gasteiger partial charge on any atom is 0.0712 e. The van der Waals surface area contributed by atoms with Crippen LogP contribution in [0.25, 0.3) is 33.5 Å². The Morgan fingerprint density at radius 2 is 1.27 bits per heavy atom. The molecule has 0 spiro atoms. The molecular weight excluding hydrogens is 765 g/mol. The van der Waals surface area contributed by atoms with E-state index < -0.39 is 0 Å². The van der Waals surface area contributed by atoms with Crippen LogP contribution in [0.5, 0.6) is 0 Å². The second kappa shape index (κ2) is 20.1. The first-order chi connectivity index (χ1) is 30.7. The standard InChI is InChI=1S/C33H31N.C24H21N3.C2H6/c1-23-13-11-18-29(21-23)27(5)34-32(28-16-7-6-8-17-28)22-26(4)31-20-12-15-25(3)33(31)30-19-10-9-14-24(30)2;1-16-8-10-25-14-21(16)19-13-24-20(12-17(19)2)22-15-26-11-9-23(22)27(24)18-6-4-3-5-7-18;1-2/h6-22H,5H2,1-4H3;3-12,14-15,24H,13H2,1-2H3;1-2H3/b26-22+,34-32?;;. The summed E-state index contributed by atoms with van der Waals surface area (Å²) in [7, 11) is 0. The molecule has 1 unspecified atom stereocenters. The lowest BCUT2D eigenvalue weighted by Gasteiger charge is -2.32. The van der Waals surface area contributed by atoms with Gasteiger partial charge in [0.15, 0.2) is 0 Å². The molecule has 0 saturated heterocycles. The van der Waals surface area contributed by atoms with Crippen LogP contribution in [0.3, 0.4) is 0 Å². The highest BCUT2D eigenvalue weighted by Crippen LogP contribution is 2.50. The molecule has 0 bridgehead atoms. The van der Waals surface area contributed by atoms with Crippen LogP contribution in [0.15, 0.2) is 194 Å². The predicted molar refractivity (Wildman–Crippen MR) is 270 cm³/mol. The number of rotatable bonds is 8. The van der Waals surface area contributed by atoms with Gasteiger partial charge in [-0.05, 0) is 151 Å². The second-order valence-electron chi connectivity index (χ2n) is 16.1. The van der Waals surface area contributed by atoms with E-state index in [2.05, 4.69) is 209 Å². The predicted octanol–water partition coefficient (Wildman–Crippen LogP) is 15.4. The summed E-state index contributed by atoms with van der Waals surface area (Å²) in [4.78, 5) is 16.2. The molecule has 0 amide bonds. The van der Waals surface area contributed by atoms with Crippen LogP contribution < -0.4 is 4.90 Å². The smallest absolute Gasteiger partial charge is 0.0712 e. The summed E-state index contributed by atoms with van der Waals surface area (Å²) in [6.07, 6.45) is 13.3. The normalized spacial score (nSPS) is 14.4. The lowest BCUT2D eigenvalue weighted by molar-refractivity contribution is 0.834. The minimum Gasteiger partial charge on any atom is -0.333 e. The Balaban J connectivity index is 0.000000186. The molecule has 5 aromatic carbocycles. The van der Waals surface area contributed by atoms with E-state index in [1.165, 1.54) is 83.7 Å². The zero-order chi connectivity index (χ0) is 44.5. The molecule has 0 saturated carbocycles. The van der Waals surface area contributed by atoms with Gasteiger partial charge in [0.05, 0.1) is 23.1 Å². The minimum absolute atomic E-state index is 0.282. The monoisotopic (exact) mass is 822 g/mol. The van der Waals surface area contributed by atoms with Gasteiger partial charge in [0.2, 0.25) is 0 Å². The molecule has 2 aliphatic rings. The number of allylic oxidation sites excluding steroid dienone is 4. The van der Waals surface area contributed by atoms with Crippen LogP contribution in [0.4, 0.5) is 11.4 Å². The zero-order valence-corrected chi connectivity index (χ0v) is 38.0. The lowest BCUT2D eigenvalue weighted by Crippen LogP contribution is -2.28. The van der Waals surface area contributed by atoms with Crippen molar-refractivity contribution < 1.29 is 0 Å². The molecule has 1 aliphatic heterocycles. The maximum atomic E-state index is 5.01. The minimum atomic E-state index is 0.282. The number of anilines is 2. The number of nitrogens with zero attached hydrogens (tertiary/aromatic N) is 4. The maximum absolute atomic E-state index is 5.01. The Labute approximate surface area is 375 Å². The highest BCUT2D eigenvalue weighted by molar-refractivity contribution is 6.14. The first kappa shape index (κ1) is 43.9. The molecule has 0 fully saturated rings. The fraction of sp³-hybridized carbons (Fsp3) is 0.169. The number of aromatic nitrogens is 2. The van der Waals surface area contributed by atoms with Crippen molar-refractivity contribution in [2.24, 2.45) is 4.99 Å². The molecule has 4 nitrogen and oxygen atoms in total. The van der Waals surface area contributed by atoms with Crippen LogP contribution in [0.1, 0.15) is 84.2 Å². The van der Waals surface area contributed by atoms with Crippen molar-refractivity contribution in [1.82, 2.24) is 9.97 Å². The first-order valence-corrected chi connectivity index (χ1v) is 22.0. The van der Waals surface area contributed by atoms with Gasteiger partial charge in [0.25, 0.3) is 0 Å². The summed E-state index contributed by atoms with van der Waals surface area (Å²) in [6, 6.07) is 48.9. The molecule has 1 aliphatic carbocycles. The van der Waals surface area contributed by atoms with E-state index >= 15 is 0 Å². The van der Waals surface area contributed by atoms with E-state index in [1.54, 1.807) is 0 Å². The van der Waals surface area contributed by atoms with Gasteiger partial charge in [-0.15, -0.1) is 0 Å². The quantitative estimate of drug-likeness (QED) is 0.143. The summed E-state index contributed by atoms with van der Waals surface area (Å²) >= 11 is 0. The average Bonchev–Trinajstić information content (AvgIpc) is 3.63. The molecule has 1 atom stereocenters. The fourth-order valence-corrected chi connectivity index (χ4v) is 8.68. The number of benzene rings is 5.